The fourth-order valence-corrected chi connectivity index (χ4v) is 4.16. The Bertz CT molecular complexity index is 535. The third kappa shape index (κ3) is 3.25. The van der Waals surface area contributed by atoms with E-state index in [0.29, 0.717) is 0 Å². The van der Waals surface area contributed by atoms with Gasteiger partial charge in [-0.1, -0.05) is 6.92 Å². The average molecular weight is 294 g/mol. The fraction of sp³-hybridized carbons (Fsp3) is 0.533. The van der Waals surface area contributed by atoms with Crippen LogP contribution in [0.3, 0.4) is 0 Å². The zero-order chi connectivity index (χ0) is 14.0. The smallest absolute Gasteiger partial charge is 0.115 e. The topological polar surface area (TPSA) is 24.9 Å². The number of nitrogens with one attached hydrogen (secondary N) is 1. The minimum atomic E-state index is 0.252. The Balaban J connectivity index is 2.38. The van der Waals surface area contributed by atoms with Crippen LogP contribution in [0.25, 0.3) is 0 Å². The van der Waals surface area contributed by atoms with E-state index in [4.69, 9.17) is 4.98 Å². The van der Waals surface area contributed by atoms with E-state index in [2.05, 4.69) is 46.0 Å². The van der Waals surface area contributed by atoms with Crippen molar-refractivity contribution in [2.45, 2.75) is 47.1 Å². The maximum Gasteiger partial charge on any atom is 0.115 e. The van der Waals surface area contributed by atoms with Crippen LogP contribution < -0.4 is 5.32 Å². The highest BCUT2D eigenvalue weighted by molar-refractivity contribution is 7.12. The average Bonchev–Trinajstić information content (AvgIpc) is 2.84. The van der Waals surface area contributed by atoms with E-state index in [0.717, 1.165) is 18.7 Å². The first-order chi connectivity index (χ1) is 9.02. The van der Waals surface area contributed by atoms with Gasteiger partial charge in [0.15, 0.2) is 0 Å². The van der Waals surface area contributed by atoms with Gasteiger partial charge in [-0.15, -0.1) is 22.7 Å². The summed E-state index contributed by atoms with van der Waals surface area (Å²) in [4.78, 5) is 8.85. The Hall–Kier alpha value is -0.710. The molecule has 0 aliphatic heterocycles. The van der Waals surface area contributed by atoms with Crippen molar-refractivity contribution in [3.8, 4) is 0 Å². The van der Waals surface area contributed by atoms with E-state index in [1.807, 2.05) is 22.7 Å². The molecular formula is C15H22N2S2. The first-order valence-electron chi connectivity index (χ1n) is 6.77. The molecule has 0 aliphatic rings. The molecule has 0 saturated heterocycles. The van der Waals surface area contributed by atoms with Crippen molar-refractivity contribution in [1.82, 2.24) is 10.3 Å². The van der Waals surface area contributed by atoms with Crippen LogP contribution in [0.1, 0.15) is 50.3 Å². The lowest BCUT2D eigenvalue weighted by molar-refractivity contribution is 0.594. The summed E-state index contributed by atoms with van der Waals surface area (Å²) in [6.07, 6.45) is 1.14. The normalized spacial score (nSPS) is 12.9. The van der Waals surface area contributed by atoms with Gasteiger partial charge in [0.1, 0.15) is 5.01 Å². The maximum absolute atomic E-state index is 4.75. The fourth-order valence-electron chi connectivity index (χ4n) is 2.18. The molecule has 0 amide bonds. The summed E-state index contributed by atoms with van der Waals surface area (Å²) in [5.74, 6) is 0. The molecular weight excluding hydrogens is 272 g/mol. The van der Waals surface area contributed by atoms with Crippen LogP contribution in [0.15, 0.2) is 6.07 Å². The molecule has 0 saturated carbocycles. The summed E-state index contributed by atoms with van der Waals surface area (Å²) in [5.41, 5.74) is 2.55. The Kier molecular flexibility index (Phi) is 4.76. The lowest BCUT2D eigenvalue weighted by atomic mass is 10.1. The molecule has 2 heterocycles. The summed E-state index contributed by atoms with van der Waals surface area (Å²) in [6.45, 7) is 11.9. The van der Waals surface area contributed by atoms with Gasteiger partial charge in [0.2, 0.25) is 0 Å². The van der Waals surface area contributed by atoms with Crippen LogP contribution in [-0.4, -0.2) is 11.5 Å². The van der Waals surface area contributed by atoms with Gasteiger partial charge in [-0.05, 0) is 52.3 Å². The van der Waals surface area contributed by atoms with Crippen LogP contribution in [0, 0.1) is 27.7 Å². The van der Waals surface area contributed by atoms with Gasteiger partial charge in [0, 0.05) is 14.6 Å². The van der Waals surface area contributed by atoms with E-state index in [-0.39, 0.29) is 6.04 Å². The first-order valence-corrected chi connectivity index (χ1v) is 8.40. The lowest BCUT2D eigenvalue weighted by Gasteiger charge is -2.16. The van der Waals surface area contributed by atoms with Gasteiger partial charge in [-0.25, -0.2) is 4.98 Å². The van der Waals surface area contributed by atoms with Crippen LogP contribution in [0.5, 0.6) is 0 Å². The lowest BCUT2D eigenvalue weighted by Crippen LogP contribution is -2.23. The van der Waals surface area contributed by atoms with Crippen molar-refractivity contribution < 1.29 is 0 Å². The summed E-state index contributed by atoms with van der Waals surface area (Å²) in [5, 5.41) is 4.85. The molecule has 0 bridgehead atoms. The number of rotatable bonds is 5. The van der Waals surface area contributed by atoms with E-state index in [1.54, 1.807) is 0 Å². The second-order valence-electron chi connectivity index (χ2n) is 4.95. The van der Waals surface area contributed by atoms with E-state index in [1.165, 1.54) is 25.2 Å². The Morgan fingerprint density at radius 1 is 1.16 bits per heavy atom. The Labute approximate surface area is 123 Å². The predicted molar refractivity (Wildman–Crippen MR) is 85.5 cm³/mol. The number of thiazole rings is 1. The summed E-state index contributed by atoms with van der Waals surface area (Å²) < 4.78 is 0. The SMILES string of the molecule is CCCNC(c1nc(C)c(C)s1)c1cc(C)sc1C. The molecule has 0 fully saturated rings. The second kappa shape index (κ2) is 6.16. The minimum Gasteiger partial charge on any atom is -0.304 e. The predicted octanol–water partition coefficient (Wildman–Crippen LogP) is 4.53. The van der Waals surface area contributed by atoms with Crippen LogP contribution in [-0.2, 0) is 0 Å². The molecule has 0 aromatic carbocycles. The van der Waals surface area contributed by atoms with Gasteiger partial charge < -0.3 is 5.32 Å². The second-order valence-corrected chi connectivity index (χ2v) is 7.64. The van der Waals surface area contributed by atoms with E-state index in [9.17, 15) is 0 Å². The van der Waals surface area contributed by atoms with Gasteiger partial charge in [0.05, 0.1) is 11.7 Å². The van der Waals surface area contributed by atoms with Gasteiger partial charge in [-0.3, -0.25) is 0 Å². The summed E-state index contributed by atoms with van der Waals surface area (Å²) in [7, 11) is 0. The molecule has 0 aliphatic carbocycles. The molecule has 1 atom stereocenters. The molecule has 1 unspecified atom stereocenters. The first kappa shape index (κ1) is 14.7. The molecule has 2 rings (SSSR count). The number of hydrogen-bond donors (Lipinski definition) is 1. The molecule has 0 radical (unpaired) electrons. The van der Waals surface area contributed by atoms with Crippen molar-refractivity contribution in [3.05, 3.63) is 37.0 Å². The van der Waals surface area contributed by atoms with Crippen LogP contribution >= 0.6 is 22.7 Å². The van der Waals surface area contributed by atoms with Gasteiger partial charge >= 0.3 is 0 Å². The zero-order valence-electron chi connectivity index (χ0n) is 12.3. The molecule has 1 N–H and O–H groups in total. The number of hydrogen-bond acceptors (Lipinski definition) is 4. The highest BCUT2D eigenvalue weighted by Gasteiger charge is 2.21. The van der Waals surface area contributed by atoms with Crippen LogP contribution in [0.4, 0.5) is 0 Å². The number of nitrogens with zero attached hydrogens (tertiary/aromatic N) is 1. The molecule has 0 spiro atoms. The largest absolute Gasteiger partial charge is 0.304 e. The Morgan fingerprint density at radius 3 is 2.37 bits per heavy atom. The van der Waals surface area contributed by atoms with Crippen molar-refractivity contribution in [3.63, 3.8) is 0 Å². The molecule has 104 valence electrons. The monoisotopic (exact) mass is 294 g/mol. The Morgan fingerprint density at radius 2 is 1.89 bits per heavy atom. The molecule has 2 aromatic heterocycles. The van der Waals surface area contributed by atoms with Crippen molar-refractivity contribution in [1.29, 1.82) is 0 Å². The van der Waals surface area contributed by atoms with Crippen molar-refractivity contribution in [2.75, 3.05) is 6.54 Å². The molecule has 19 heavy (non-hydrogen) atoms. The van der Waals surface area contributed by atoms with E-state index < -0.39 is 0 Å². The van der Waals surface area contributed by atoms with Crippen molar-refractivity contribution >= 4 is 22.7 Å². The molecule has 4 heteroatoms. The van der Waals surface area contributed by atoms with Crippen molar-refractivity contribution in [2.24, 2.45) is 0 Å². The van der Waals surface area contributed by atoms with Crippen LogP contribution in [0.2, 0.25) is 0 Å². The minimum absolute atomic E-state index is 0.252. The third-order valence-electron chi connectivity index (χ3n) is 3.28. The van der Waals surface area contributed by atoms with Gasteiger partial charge in [-0.2, -0.15) is 0 Å². The molecule has 2 nitrogen and oxygen atoms in total. The number of aryl methyl sites for hydroxylation is 4. The third-order valence-corrected chi connectivity index (χ3v) is 5.40. The maximum atomic E-state index is 4.75. The highest BCUT2D eigenvalue weighted by Crippen LogP contribution is 2.33. The van der Waals surface area contributed by atoms with E-state index >= 15 is 0 Å². The standard InChI is InChI=1S/C15H22N2S2/c1-6-7-16-14(13-8-9(2)18-12(13)5)15-17-10(3)11(4)19-15/h8,14,16H,6-7H2,1-5H3. The summed E-state index contributed by atoms with van der Waals surface area (Å²) in [6, 6.07) is 2.56. The highest BCUT2D eigenvalue weighted by atomic mass is 32.1. The quantitative estimate of drug-likeness (QED) is 0.876. The van der Waals surface area contributed by atoms with Gasteiger partial charge in [0.25, 0.3) is 0 Å². The number of thiophene rings is 1. The summed E-state index contributed by atoms with van der Waals surface area (Å²) >= 11 is 3.69. The molecule has 2 aromatic rings. The zero-order valence-corrected chi connectivity index (χ0v) is 14.0. The number of aromatic nitrogens is 1.